The van der Waals surface area contributed by atoms with Crippen LogP contribution in [0.15, 0.2) is 12.3 Å². The second kappa shape index (κ2) is 4.27. The highest BCUT2D eigenvalue weighted by Crippen LogP contribution is 2.30. The molecule has 0 saturated carbocycles. The first-order valence-corrected chi connectivity index (χ1v) is 5.76. The molecular formula is C12H19N3. The summed E-state index contributed by atoms with van der Waals surface area (Å²) in [4.78, 5) is 8.69. The van der Waals surface area contributed by atoms with Gasteiger partial charge in [-0.3, -0.25) is 0 Å². The van der Waals surface area contributed by atoms with Crippen LogP contribution in [-0.4, -0.2) is 22.1 Å². The number of rotatable bonds is 2. The summed E-state index contributed by atoms with van der Waals surface area (Å²) in [6.45, 7) is 6.43. The highest BCUT2D eigenvalue weighted by Gasteiger charge is 2.31. The Morgan fingerprint density at radius 1 is 1.53 bits per heavy atom. The minimum Gasteiger partial charge on any atom is -0.311 e. The Hall–Kier alpha value is -0.960. The lowest BCUT2D eigenvalue weighted by Crippen LogP contribution is -2.28. The Bertz CT molecular complexity index is 337. The van der Waals surface area contributed by atoms with Crippen LogP contribution in [0.2, 0.25) is 0 Å². The van der Waals surface area contributed by atoms with E-state index in [1.54, 1.807) is 0 Å². The quantitative estimate of drug-likeness (QED) is 0.802. The second-order valence-electron chi connectivity index (χ2n) is 4.45. The molecule has 0 aliphatic carbocycles. The normalized spacial score (nSPS) is 30.7. The molecule has 0 bridgehead atoms. The predicted octanol–water partition coefficient (Wildman–Crippen LogP) is 2.03. The molecule has 1 N–H and O–H groups in total. The molecule has 3 atom stereocenters. The number of hydrogen-bond acceptors (Lipinski definition) is 3. The average molecular weight is 205 g/mol. The van der Waals surface area contributed by atoms with E-state index in [-0.39, 0.29) is 0 Å². The maximum absolute atomic E-state index is 4.54. The van der Waals surface area contributed by atoms with Gasteiger partial charge in [0.2, 0.25) is 0 Å². The monoisotopic (exact) mass is 205 g/mol. The lowest BCUT2D eigenvalue weighted by atomic mass is 9.94. The summed E-state index contributed by atoms with van der Waals surface area (Å²) < 4.78 is 0. The Kier molecular flexibility index (Phi) is 3.00. The topological polar surface area (TPSA) is 37.8 Å². The zero-order chi connectivity index (χ0) is 10.8. The van der Waals surface area contributed by atoms with Gasteiger partial charge in [0, 0.05) is 29.9 Å². The molecular weight excluding hydrogens is 186 g/mol. The summed E-state index contributed by atoms with van der Waals surface area (Å²) in [5, 5.41) is 3.61. The van der Waals surface area contributed by atoms with Gasteiger partial charge in [-0.05, 0) is 32.8 Å². The molecule has 82 valence electrons. The fourth-order valence-electron chi connectivity index (χ4n) is 2.51. The third-order valence-corrected chi connectivity index (χ3v) is 3.21. The van der Waals surface area contributed by atoms with E-state index in [4.69, 9.17) is 0 Å². The number of aromatic nitrogens is 2. The van der Waals surface area contributed by atoms with Crippen LogP contribution in [0.25, 0.3) is 0 Å². The number of aryl methyl sites for hydroxylation is 1. The molecule has 1 aromatic rings. The van der Waals surface area contributed by atoms with Crippen LogP contribution in [0.1, 0.15) is 44.1 Å². The van der Waals surface area contributed by atoms with Gasteiger partial charge in [0.25, 0.3) is 0 Å². The summed E-state index contributed by atoms with van der Waals surface area (Å²) in [5.74, 6) is 1.44. The zero-order valence-electron chi connectivity index (χ0n) is 9.70. The van der Waals surface area contributed by atoms with E-state index in [0.717, 1.165) is 12.2 Å². The van der Waals surface area contributed by atoms with E-state index in [0.29, 0.717) is 18.0 Å². The maximum atomic E-state index is 4.54. The Labute approximate surface area is 91.3 Å². The van der Waals surface area contributed by atoms with Crippen molar-refractivity contribution in [2.45, 2.75) is 51.6 Å². The van der Waals surface area contributed by atoms with Gasteiger partial charge in [0.05, 0.1) is 0 Å². The highest BCUT2D eigenvalue weighted by molar-refractivity contribution is 5.14. The molecule has 1 aliphatic rings. The van der Waals surface area contributed by atoms with Gasteiger partial charge in [0.1, 0.15) is 5.82 Å². The van der Waals surface area contributed by atoms with Gasteiger partial charge in [-0.2, -0.15) is 0 Å². The first-order valence-electron chi connectivity index (χ1n) is 5.76. The molecule has 15 heavy (non-hydrogen) atoms. The molecule has 1 fully saturated rings. The van der Waals surface area contributed by atoms with Crippen LogP contribution >= 0.6 is 0 Å². The first kappa shape index (κ1) is 10.6. The van der Waals surface area contributed by atoms with Gasteiger partial charge in [-0.1, -0.05) is 6.92 Å². The number of nitrogens with one attached hydrogen (secondary N) is 1. The SMILES string of the molecule is CCC1NC(C)CC1c1ccnc(C)n1. The Morgan fingerprint density at radius 2 is 2.33 bits per heavy atom. The molecule has 2 heterocycles. The van der Waals surface area contributed by atoms with Crippen molar-refractivity contribution in [3.05, 3.63) is 23.8 Å². The van der Waals surface area contributed by atoms with Gasteiger partial charge in [-0.25, -0.2) is 9.97 Å². The molecule has 3 unspecified atom stereocenters. The number of hydrogen-bond donors (Lipinski definition) is 1. The Morgan fingerprint density at radius 3 is 3.00 bits per heavy atom. The van der Waals surface area contributed by atoms with E-state index in [2.05, 4.69) is 35.2 Å². The van der Waals surface area contributed by atoms with Crippen molar-refractivity contribution in [3.8, 4) is 0 Å². The second-order valence-corrected chi connectivity index (χ2v) is 4.45. The minimum atomic E-state index is 0.562. The molecule has 1 aliphatic heterocycles. The van der Waals surface area contributed by atoms with E-state index >= 15 is 0 Å². The zero-order valence-corrected chi connectivity index (χ0v) is 9.70. The molecule has 2 rings (SSSR count). The van der Waals surface area contributed by atoms with Crippen LogP contribution in [0.4, 0.5) is 0 Å². The lowest BCUT2D eigenvalue weighted by molar-refractivity contribution is 0.510. The van der Waals surface area contributed by atoms with Crippen LogP contribution in [0.5, 0.6) is 0 Å². The van der Waals surface area contributed by atoms with Crippen molar-refractivity contribution in [1.29, 1.82) is 0 Å². The molecule has 0 radical (unpaired) electrons. The van der Waals surface area contributed by atoms with E-state index in [9.17, 15) is 0 Å². The van der Waals surface area contributed by atoms with Gasteiger partial charge >= 0.3 is 0 Å². The molecule has 1 saturated heterocycles. The first-order chi connectivity index (χ1) is 7.20. The molecule has 0 spiro atoms. The molecule has 3 nitrogen and oxygen atoms in total. The van der Waals surface area contributed by atoms with Crippen LogP contribution < -0.4 is 5.32 Å². The van der Waals surface area contributed by atoms with Gasteiger partial charge in [-0.15, -0.1) is 0 Å². The largest absolute Gasteiger partial charge is 0.311 e. The van der Waals surface area contributed by atoms with Crippen LogP contribution in [0, 0.1) is 6.92 Å². The number of nitrogens with zero attached hydrogens (tertiary/aromatic N) is 2. The van der Waals surface area contributed by atoms with Crippen molar-refractivity contribution in [2.75, 3.05) is 0 Å². The highest BCUT2D eigenvalue weighted by atomic mass is 15.0. The lowest BCUT2D eigenvalue weighted by Gasteiger charge is -2.17. The Balaban J connectivity index is 2.22. The average Bonchev–Trinajstić information content (AvgIpc) is 2.59. The fourth-order valence-corrected chi connectivity index (χ4v) is 2.51. The van der Waals surface area contributed by atoms with Gasteiger partial charge < -0.3 is 5.32 Å². The minimum absolute atomic E-state index is 0.562. The van der Waals surface area contributed by atoms with E-state index < -0.39 is 0 Å². The van der Waals surface area contributed by atoms with Crippen LogP contribution in [-0.2, 0) is 0 Å². The summed E-state index contributed by atoms with van der Waals surface area (Å²) in [5.41, 5.74) is 1.20. The predicted molar refractivity (Wildman–Crippen MR) is 60.8 cm³/mol. The standard InChI is InChI=1S/C12H19N3/c1-4-11-10(7-8(2)14-11)12-5-6-13-9(3)15-12/h5-6,8,10-11,14H,4,7H2,1-3H3. The third-order valence-electron chi connectivity index (χ3n) is 3.21. The molecule has 1 aromatic heterocycles. The van der Waals surface area contributed by atoms with Crippen molar-refractivity contribution in [2.24, 2.45) is 0 Å². The smallest absolute Gasteiger partial charge is 0.125 e. The van der Waals surface area contributed by atoms with Crippen molar-refractivity contribution in [1.82, 2.24) is 15.3 Å². The molecule has 3 heteroatoms. The maximum Gasteiger partial charge on any atom is 0.125 e. The third kappa shape index (κ3) is 2.17. The van der Waals surface area contributed by atoms with E-state index in [1.165, 1.54) is 12.1 Å². The van der Waals surface area contributed by atoms with Gasteiger partial charge in [0.15, 0.2) is 0 Å². The molecule has 0 aromatic carbocycles. The summed E-state index contributed by atoms with van der Waals surface area (Å²) in [6, 6.07) is 3.24. The van der Waals surface area contributed by atoms with Crippen LogP contribution in [0.3, 0.4) is 0 Å². The summed E-state index contributed by atoms with van der Waals surface area (Å²) in [7, 11) is 0. The summed E-state index contributed by atoms with van der Waals surface area (Å²) >= 11 is 0. The summed E-state index contributed by atoms with van der Waals surface area (Å²) in [6.07, 6.45) is 4.22. The van der Waals surface area contributed by atoms with Crippen molar-refractivity contribution >= 4 is 0 Å². The fraction of sp³-hybridized carbons (Fsp3) is 0.667. The van der Waals surface area contributed by atoms with Crippen molar-refractivity contribution in [3.63, 3.8) is 0 Å². The van der Waals surface area contributed by atoms with E-state index in [1.807, 2.05) is 13.1 Å². The van der Waals surface area contributed by atoms with Crippen molar-refractivity contribution < 1.29 is 0 Å². The molecule has 0 amide bonds.